The molecule has 0 radical (unpaired) electrons. The number of hydrogen-bond donors (Lipinski definition) is 1. The molecule has 1 aromatic rings. The Balaban J connectivity index is 1.77. The first kappa shape index (κ1) is 11.0. The highest BCUT2D eigenvalue weighted by Crippen LogP contribution is 2.22. The Labute approximate surface area is 95.2 Å². The molecule has 1 heterocycles. The van der Waals surface area contributed by atoms with Crippen LogP contribution in [0.4, 0.5) is 0 Å². The average Bonchev–Trinajstić information content (AvgIpc) is 2.81. The van der Waals surface area contributed by atoms with Crippen LogP contribution in [0.25, 0.3) is 0 Å². The van der Waals surface area contributed by atoms with Gasteiger partial charge in [-0.15, -0.1) is 11.8 Å². The fraction of sp³-hybridized carbons (Fsp3) is 0.500. The van der Waals surface area contributed by atoms with Gasteiger partial charge < -0.3 is 10.5 Å². The van der Waals surface area contributed by atoms with Crippen molar-refractivity contribution in [2.75, 3.05) is 19.0 Å². The molecule has 0 spiro atoms. The summed E-state index contributed by atoms with van der Waals surface area (Å²) >= 11 is 1.83. The predicted molar refractivity (Wildman–Crippen MR) is 64.1 cm³/mol. The highest BCUT2D eigenvalue weighted by Gasteiger charge is 2.22. The van der Waals surface area contributed by atoms with Crippen LogP contribution in [0.5, 0.6) is 0 Å². The molecule has 2 rings (SSSR count). The fourth-order valence-electron chi connectivity index (χ4n) is 1.74. The summed E-state index contributed by atoms with van der Waals surface area (Å²) in [4.78, 5) is 1.30. The van der Waals surface area contributed by atoms with E-state index in [1.807, 2.05) is 17.8 Å². The van der Waals surface area contributed by atoms with Gasteiger partial charge in [-0.25, -0.2) is 0 Å². The van der Waals surface area contributed by atoms with Crippen molar-refractivity contribution in [3.63, 3.8) is 0 Å². The molecule has 0 aliphatic carbocycles. The van der Waals surface area contributed by atoms with Crippen LogP contribution >= 0.6 is 11.8 Å². The molecule has 15 heavy (non-hydrogen) atoms. The van der Waals surface area contributed by atoms with Crippen molar-refractivity contribution in [2.24, 2.45) is 11.7 Å². The minimum absolute atomic E-state index is 0.262. The molecule has 0 aromatic heterocycles. The largest absolute Gasteiger partial charge is 0.381 e. The summed E-state index contributed by atoms with van der Waals surface area (Å²) < 4.78 is 5.34. The first-order chi connectivity index (χ1) is 7.36. The second kappa shape index (κ2) is 5.54. The minimum Gasteiger partial charge on any atom is -0.381 e. The Hall–Kier alpha value is -0.510. The molecule has 1 aliphatic heterocycles. The fourth-order valence-corrected chi connectivity index (χ4v) is 2.74. The highest BCUT2D eigenvalue weighted by molar-refractivity contribution is 7.99. The van der Waals surface area contributed by atoms with Crippen molar-refractivity contribution in [3.8, 4) is 0 Å². The molecule has 0 bridgehead atoms. The first-order valence-electron chi connectivity index (χ1n) is 5.37. The lowest BCUT2D eigenvalue weighted by atomic mass is 10.0. The van der Waals surface area contributed by atoms with Crippen molar-refractivity contribution in [3.05, 3.63) is 30.3 Å². The molecule has 0 saturated carbocycles. The molecule has 2 atom stereocenters. The van der Waals surface area contributed by atoms with E-state index in [1.165, 1.54) is 4.90 Å². The zero-order valence-corrected chi connectivity index (χ0v) is 9.58. The quantitative estimate of drug-likeness (QED) is 0.794. The molecule has 1 aliphatic rings. The summed E-state index contributed by atoms with van der Waals surface area (Å²) in [5.41, 5.74) is 6.13. The summed E-state index contributed by atoms with van der Waals surface area (Å²) in [6, 6.07) is 10.7. The van der Waals surface area contributed by atoms with Crippen LogP contribution in [0.2, 0.25) is 0 Å². The molecule has 2 unspecified atom stereocenters. The Bertz CT molecular complexity index is 285. The smallest absolute Gasteiger partial charge is 0.0510 e. The Morgan fingerprint density at radius 3 is 2.87 bits per heavy atom. The summed E-state index contributed by atoms with van der Waals surface area (Å²) in [5, 5.41) is 0. The zero-order valence-electron chi connectivity index (χ0n) is 8.76. The van der Waals surface area contributed by atoms with E-state index < -0.39 is 0 Å². The van der Waals surface area contributed by atoms with Crippen LogP contribution in [-0.2, 0) is 4.74 Å². The normalized spacial score (nSPS) is 22.9. The van der Waals surface area contributed by atoms with Gasteiger partial charge in [0.25, 0.3) is 0 Å². The maximum absolute atomic E-state index is 6.13. The maximum atomic E-state index is 6.13. The van der Waals surface area contributed by atoms with Crippen LogP contribution in [0.3, 0.4) is 0 Å². The summed E-state index contributed by atoms with van der Waals surface area (Å²) in [7, 11) is 0. The van der Waals surface area contributed by atoms with E-state index in [9.17, 15) is 0 Å². The number of thioether (sulfide) groups is 1. The van der Waals surface area contributed by atoms with Gasteiger partial charge in [0.2, 0.25) is 0 Å². The van der Waals surface area contributed by atoms with Gasteiger partial charge >= 0.3 is 0 Å². The maximum Gasteiger partial charge on any atom is 0.0510 e. The van der Waals surface area contributed by atoms with Gasteiger partial charge in [0.1, 0.15) is 0 Å². The van der Waals surface area contributed by atoms with Gasteiger partial charge in [-0.3, -0.25) is 0 Å². The summed E-state index contributed by atoms with van der Waals surface area (Å²) in [6.45, 7) is 1.73. The van der Waals surface area contributed by atoms with Gasteiger partial charge in [-0.1, -0.05) is 18.2 Å². The Morgan fingerprint density at radius 2 is 2.20 bits per heavy atom. The topological polar surface area (TPSA) is 35.2 Å². The zero-order chi connectivity index (χ0) is 10.5. The van der Waals surface area contributed by atoms with E-state index in [4.69, 9.17) is 10.5 Å². The van der Waals surface area contributed by atoms with E-state index in [0.717, 1.165) is 25.4 Å². The number of nitrogens with two attached hydrogens (primary N) is 1. The minimum atomic E-state index is 0.262. The third-order valence-corrected chi connectivity index (χ3v) is 3.91. The van der Waals surface area contributed by atoms with Crippen LogP contribution < -0.4 is 5.73 Å². The Kier molecular flexibility index (Phi) is 4.06. The summed E-state index contributed by atoms with van der Waals surface area (Å²) in [5.74, 6) is 1.54. The standard InChI is InChI=1S/C12H17NOS/c13-12(10-6-7-14-8-10)9-15-11-4-2-1-3-5-11/h1-5,10,12H,6-9,13H2. The molecule has 82 valence electrons. The molecular weight excluding hydrogens is 206 g/mol. The number of rotatable bonds is 4. The van der Waals surface area contributed by atoms with Crippen molar-refractivity contribution < 1.29 is 4.74 Å². The van der Waals surface area contributed by atoms with Gasteiger partial charge in [0.05, 0.1) is 6.61 Å². The predicted octanol–water partition coefficient (Wildman–Crippen LogP) is 2.14. The lowest BCUT2D eigenvalue weighted by Crippen LogP contribution is -2.32. The van der Waals surface area contributed by atoms with Crippen molar-refractivity contribution in [1.29, 1.82) is 0 Å². The van der Waals surface area contributed by atoms with E-state index in [0.29, 0.717) is 5.92 Å². The molecule has 0 amide bonds. The molecule has 2 N–H and O–H groups in total. The highest BCUT2D eigenvalue weighted by atomic mass is 32.2. The molecule has 1 aromatic carbocycles. The van der Waals surface area contributed by atoms with E-state index >= 15 is 0 Å². The van der Waals surface area contributed by atoms with Crippen molar-refractivity contribution in [1.82, 2.24) is 0 Å². The second-order valence-electron chi connectivity index (χ2n) is 3.91. The van der Waals surface area contributed by atoms with Gasteiger partial charge in [-0.2, -0.15) is 0 Å². The molecular formula is C12H17NOS. The number of ether oxygens (including phenoxy) is 1. The van der Waals surface area contributed by atoms with Crippen LogP contribution in [0.15, 0.2) is 35.2 Å². The molecule has 3 heteroatoms. The van der Waals surface area contributed by atoms with Crippen LogP contribution in [-0.4, -0.2) is 25.0 Å². The van der Waals surface area contributed by atoms with E-state index in [2.05, 4.69) is 24.3 Å². The van der Waals surface area contributed by atoms with Crippen LogP contribution in [0, 0.1) is 5.92 Å². The van der Waals surface area contributed by atoms with Gasteiger partial charge in [0, 0.05) is 29.2 Å². The average molecular weight is 223 g/mol. The second-order valence-corrected chi connectivity index (χ2v) is 5.00. The Morgan fingerprint density at radius 1 is 1.40 bits per heavy atom. The molecule has 1 saturated heterocycles. The van der Waals surface area contributed by atoms with E-state index in [1.54, 1.807) is 0 Å². The SMILES string of the molecule is NC(CSc1ccccc1)C1CCOC1. The van der Waals surface area contributed by atoms with Crippen LogP contribution in [0.1, 0.15) is 6.42 Å². The lowest BCUT2D eigenvalue weighted by molar-refractivity contribution is 0.182. The summed E-state index contributed by atoms with van der Waals surface area (Å²) in [6.07, 6.45) is 1.12. The first-order valence-corrected chi connectivity index (χ1v) is 6.36. The van der Waals surface area contributed by atoms with Crippen molar-refractivity contribution in [2.45, 2.75) is 17.4 Å². The third kappa shape index (κ3) is 3.23. The van der Waals surface area contributed by atoms with Crippen molar-refractivity contribution >= 4 is 11.8 Å². The van der Waals surface area contributed by atoms with E-state index in [-0.39, 0.29) is 6.04 Å². The monoisotopic (exact) mass is 223 g/mol. The lowest BCUT2D eigenvalue weighted by Gasteiger charge is -2.16. The molecule has 1 fully saturated rings. The van der Waals surface area contributed by atoms with Gasteiger partial charge in [0.15, 0.2) is 0 Å². The third-order valence-electron chi connectivity index (χ3n) is 2.76. The number of benzene rings is 1. The van der Waals surface area contributed by atoms with Gasteiger partial charge in [-0.05, 0) is 18.6 Å². The molecule has 2 nitrogen and oxygen atoms in total. The number of hydrogen-bond acceptors (Lipinski definition) is 3.